The lowest BCUT2D eigenvalue weighted by Crippen LogP contribution is -2.50. The van der Waals surface area contributed by atoms with Gasteiger partial charge in [0, 0.05) is 15.6 Å². The fraction of sp³-hybridized carbons (Fsp3) is 0.462. The van der Waals surface area contributed by atoms with Crippen molar-refractivity contribution in [3.05, 3.63) is 33.3 Å². The zero-order valence-corrected chi connectivity index (χ0v) is 12.6. The van der Waals surface area contributed by atoms with Crippen LogP contribution in [0.4, 0.5) is 0 Å². The van der Waals surface area contributed by atoms with Gasteiger partial charge in [-0.05, 0) is 44.9 Å². The number of amides is 1. The first-order valence-electron chi connectivity index (χ1n) is 5.75. The summed E-state index contributed by atoms with van der Waals surface area (Å²) in [5.41, 5.74) is 0.785. The van der Waals surface area contributed by atoms with Crippen LogP contribution < -0.4 is 5.84 Å². The maximum Gasteiger partial charge on any atom is 0.268 e. The van der Waals surface area contributed by atoms with Gasteiger partial charge >= 0.3 is 0 Å². The van der Waals surface area contributed by atoms with Gasteiger partial charge in [-0.1, -0.05) is 30.1 Å². The van der Waals surface area contributed by atoms with E-state index < -0.39 is 5.54 Å². The molecule has 5 heteroatoms. The molecule has 0 aliphatic carbocycles. The molecule has 100 valence electrons. The van der Waals surface area contributed by atoms with E-state index in [2.05, 4.69) is 0 Å². The number of carbonyl (C=O) groups excluding carboxylic acids is 1. The number of nitrogens with two attached hydrogens (primary N) is 1. The number of carbonyl (C=O) groups is 1. The summed E-state index contributed by atoms with van der Waals surface area (Å²) in [6.07, 6.45) is 0.720. The Bertz CT molecular complexity index is 444. The summed E-state index contributed by atoms with van der Waals surface area (Å²) in [6.45, 7) is 7.52. The molecule has 0 unspecified atom stereocenters. The molecule has 0 saturated heterocycles. The highest BCUT2D eigenvalue weighted by Gasteiger charge is 2.25. The molecule has 0 aromatic heterocycles. The third kappa shape index (κ3) is 3.16. The van der Waals surface area contributed by atoms with E-state index in [0.717, 1.165) is 12.0 Å². The lowest BCUT2D eigenvalue weighted by molar-refractivity contribution is 0.0582. The average molecular weight is 289 g/mol. The van der Waals surface area contributed by atoms with E-state index >= 15 is 0 Å². The minimum Gasteiger partial charge on any atom is -0.271 e. The second-order valence-corrected chi connectivity index (χ2v) is 5.93. The van der Waals surface area contributed by atoms with Crippen molar-refractivity contribution >= 4 is 29.1 Å². The topological polar surface area (TPSA) is 46.3 Å². The molecule has 18 heavy (non-hydrogen) atoms. The van der Waals surface area contributed by atoms with E-state index in [-0.39, 0.29) is 5.91 Å². The fourth-order valence-corrected chi connectivity index (χ4v) is 2.26. The van der Waals surface area contributed by atoms with Crippen LogP contribution in [0.1, 0.15) is 43.6 Å². The molecule has 0 atom stereocenters. The molecule has 0 bridgehead atoms. The highest BCUT2D eigenvalue weighted by atomic mass is 35.5. The molecule has 1 aromatic rings. The Hall–Kier alpha value is -0.770. The normalized spacial score (nSPS) is 11.5. The van der Waals surface area contributed by atoms with Gasteiger partial charge < -0.3 is 0 Å². The number of hydrogen-bond acceptors (Lipinski definition) is 2. The zero-order valence-electron chi connectivity index (χ0n) is 11.1. The van der Waals surface area contributed by atoms with Crippen molar-refractivity contribution in [3.8, 4) is 0 Å². The molecular weight excluding hydrogens is 271 g/mol. The molecule has 3 nitrogen and oxygen atoms in total. The predicted octanol–water partition coefficient (Wildman–Crippen LogP) is 3.67. The summed E-state index contributed by atoms with van der Waals surface area (Å²) in [4.78, 5) is 12.2. The highest BCUT2D eigenvalue weighted by molar-refractivity contribution is 6.36. The van der Waals surface area contributed by atoms with Crippen LogP contribution in [0, 0.1) is 0 Å². The first kappa shape index (κ1) is 15.3. The standard InChI is InChI=1S/C13H18Cl2N2O/c1-5-9-10(14)6-8(7-11(9)15)12(18)17(16)13(2,3)4/h6-7H,5,16H2,1-4H3. The zero-order chi connectivity index (χ0) is 14.1. The summed E-state index contributed by atoms with van der Waals surface area (Å²) in [6, 6.07) is 3.22. The van der Waals surface area contributed by atoms with Crippen molar-refractivity contribution in [3.63, 3.8) is 0 Å². The molecule has 1 amide bonds. The van der Waals surface area contributed by atoms with Crippen molar-refractivity contribution in [1.29, 1.82) is 0 Å². The second kappa shape index (κ2) is 5.47. The van der Waals surface area contributed by atoms with Gasteiger partial charge in [0.1, 0.15) is 0 Å². The maximum atomic E-state index is 12.2. The Morgan fingerprint density at radius 3 is 2.06 bits per heavy atom. The van der Waals surface area contributed by atoms with Gasteiger partial charge in [-0.2, -0.15) is 0 Å². The quantitative estimate of drug-likeness (QED) is 0.513. The van der Waals surface area contributed by atoms with Crippen molar-refractivity contribution < 1.29 is 4.79 Å². The van der Waals surface area contributed by atoms with Crippen LogP contribution in [-0.2, 0) is 6.42 Å². The third-order valence-corrected chi connectivity index (χ3v) is 3.36. The Labute approximate surface area is 118 Å². The number of nitrogens with zero attached hydrogens (tertiary/aromatic N) is 1. The third-order valence-electron chi connectivity index (χ3n) is 2.68. The van der Waals surface area contributed by atoms with E-state index in [9.17, 15) is 4.79 Å². The molecule has 1 aromatic carbocycles. The van der Waals surface area contributed by atoms with E-state index in [1.807, 2.05) is 27.7 Å². The Morgan fingerprint density at radius 2 is 1.72 bits per heavy atom. The van der Waals surface area contributed by atoms with E-state index in [1.54, 1.807) is 12.1 Å². The van der Waals surface area contributed by atoms with E-state index in [0.29, 0.717) is 15.6 Å². The largest absolute Gasteiger partial charge is 0.271 e. The lowest BCUT2D eigenvalue weighted by atomic mass is 10.0. The second-order valence-electron chi connectivity index (χ2n) is 5.12. The first-order valence-corrected chi connectivity index (χ1v) is 6.51. The SMILES string of the molecule is CCc1c(Cl)cc(C(=O)N(N)C(C)(C)C)cc1Cl. The molecule has 0 radical (unpaired) electrons. The van der Waals surface area contributed by atoms with E-state index in [4.69, 9.17) is 29.0 Å². The molecular formula is C13H18Cl2N2O. The summed E-state index contributed by atoms with van der Waals surface area (Å²) >= 11 is 12.2. The summed E-state index contributed by atoms with van der Waals surface area (Å²) in [5.74, 6) is 5.50. The first-order chi connectivity index (χ1) is 8.18. The van der Waals surface area contributed by atoms with Crippen LogP contribution in [0.2, 0.25) is 10.0 Å². The maximum absolute atomic E-state index is 12.2. The Morgan fingerprint density at radius 1 is 1.28 bits per heavy atom. The number of hydrogen-bond donors (Lipinski definition) is 1. The average Bonchev–Trinajstić information content (AvgIpc) is 2.25. The Kier molecular flexibility index (Phi) is 4.65. The van der Waals surface area contributed by atoms with Crippen LogP contribution in [-0.4, -0.2) is 16.5 Å². The Balaban J connectivity index is 3.16. The number of hydrazine groups is 1. The van der Waals surface area contributed by atoms with Crippen molar-refractivity contribution in [2.75, 3.05) is 0 Å². The van der Waals surface area contributed by atoms with Gasteiger partial charge in [-0.15, -0.1) is 0 Å². The molecule has 0 heterocycles. The van der Waals surface area contributed by atoms with Crippen LogP contribution in [0.25, 0.3) is 0 Å². The lowest BCUT2D eigenvalue weighted by Gasteiger charge is -2.31. The van der Waals surface area contributed by atoms with Gasteiger partial charge in [-0.3, -0.25) is 9.80 Å². The van der Waals surface area contributed by atoms with Crippen molar-refractivity contribution in [2.24, 2.45) is 5.84 Å². The smallest absolute Gasteiger partial charge is 0.268 e. The molecule has 2 N–H and O–H groups in total. The molecule has 0 fully saturated rings. The van der Waals surface area contributed by atoms with Crippen LogP contribution in [0.3, 0.4) is 0 Å². The van der Waals surface area contributed by atoms with Crippen LogP contribution in [0.15, 0.2) is 12.1 Å². The van der Waals surface area contributed by atoms with Gasteiger partial charge in [0.05, 0.1) is 5.54 Å². The molecule has 0 aliphatic heterocycles. The summed E-state index contributed by atoms with van der Waals surface area (Å²) in [5, 5.41) is 2.17. The molecule has 0 saturated carbocycles. The minimum absolute atomic E-state index is 0.297. The summed E-state index contributed by atoms with van der Waals surface area (Å²) < 4.78 is 0. The fourth-order valence-electron chi connectivity index (χ4n) is 1.51. The van der Waals surface area contributed by atoms with Crippen LogP contribution >= 0.6 is 23.2 Å². The van der Waals surface area contributed by atoms with Crippen molar-refractivity contribution in [1.82, 2.24) is 5.01 Å². The number of benzene rings is 1. The van der Waals surface area contributed by atoms with Crippen LogP contribution in [0.5, 0.6) is 0 Å². The van der Waals surface area contributed by atoms with E-state index in [1.165, 1.54) is 5.01 Å². The highest BCUT2D eigenvalue weighted by Crippen LogP contribution is 2.28. The minimum atomic E-state index is -0.459. The van der Waals surface area contributed by atoms with Gasteiger partial charge in [0.25, 0.3) is 5.91 Å². The number of halogens is 2. The monoisotopic (exact) mass is 288 g/mol. The molecule has 0 aliphatic rings. The van der Waals surface area contributed by atoms with Gasteiger partial charge in [0.15, 0.2) is 0 Å². The molecule has 0 spiro atoms. The van der Waals surface area contributed by atoms with Gasteiger partial charge in [0.2, 0.25) is 0 Å². The van der Waals surface area contributed by atoms with Crippen molar-refractivity contribution in [2.45, 2.75) is 39.7 Å². The number of rotatable bonds is 2. The predicted molar refractivity (Wildman–Crippen MR) is 75.9 cm³/mol. The summed E-state index contributed by atoms with van der Waals surface area (Å²) in [7, 11) is 0. The van der Waals surface area contributed by atoms with Gasteiger partial charge in [-0.25, -0.2) is 5.84 Å². The molecule has 1 rings (SSSR count).